The molecule has 0 fully saturated rings. The van der Waals surface area contributed by atoms with Crippen molar-refractivity contribution < 1.29 is 5.48 Å². The largest absolute Gasteiger partial charge is 0.412 e. The van der Waals surface area contributed by atoms with Crippen LogP contribution < -0.4 is 5.73 Å². The molecule has 0 heterocycles. The quantitative estimate of drug-likeness (QED) is 0.328. The summed E-state index contributed by atoms with van der Waals surface area (Å²) in [6.45, 7) is 0. The van der Waals surface area contributed by atoms with E-state index < -0.39 is 0 Å². The van der Waals surface area contributed by atoms with E-state index in [1.807, 2.05) is 0 Å². The minimum absolute atomic E-state index is 0. The fraction of sp³-hybridized carbons (Fsp3) is 1.00. The molecule has 4 N–H and O–H groups in total. The topological polar surface area (TPSA) is 57.5 Å². The zero-order valence-electron chi connectivity index (χ0n) is 2.08. The van der Waals surface area contributed by atoms with Crippen LogP contribution in [0, 0.1) is 0 Å². The molecule has 4 heavy (non-hydrogen) atoms. The molecule has 0 atom stereocenters. The lowest BCUT2D eigenvalue weighted by Crippen LogP contribution is -1.69. The summed E-state index contributed by atoms with van der Waals surface area (Å²) in [5, 5.41) is 0. The summed E-state index contributed by atoms with van der Waals surface area (Å²) in [5.41, 5.74) is 4.50. The Kier molecular flexibility index (Phi) is 316. The Balaban J connectivity index is -0.00000000500. The van der Waals surface area contributed by atoms with E-state index in [-0.39, 0.29) is 28.5 Å². The van der Waals surface area contributed by atoms with Crippen LogP contribution in [0.1, 0.15) is 0 Å². The Morgan fingerprint density at radius 1 is 1.25 bits per heavy atom. The highest BCUT2D eigenvalue weighted by Gasteiger charge is 0.836. The predicted molar refractivity (Wildman–Crippen MR) is 22.3 cm³/mol. The lowest BCUT2D eigenvalue weighted by molar-refractivity contribution is 0.824. The molecule has 3 heteroatoms. The Labute approximate surface area is 41.8 Å². The van der Waals surface area contributed by atoms with Crippen LogP contribution in [0.2, 0.25) is 0 Å². The first-order valence-corrected chi connectivity index (χ1v) is 0.577. The zero-order chi connectivity index (χ0) is 2.00. The average Bonchev–Trinajstić information content (AvgIpc) is 1.00. The molecule has 0 saturated carbocycles. The highest BCUT2D eigenvalue weighted by atomic mass is 24.3. The van der Waals surface area contributed by atoms with Gasteiger partial charge in [-0.15, -0.1) is 0 Å². The molecule has 26 valence electrons. The lowest BCUT2D eigenvalue weighted by atomic mass is 11.6. The fourth-order valence-electron chi connectivity index (χ4n) is 0. The molecule has 0 spiro atoms. The lowest BCUT2D eigenvalue weighted by Gasteiger charge is -1.19. The first-order valence-electron chi connectivity index (χ1n) is 0.577. The van der Waals surface area contributed by atoms with E-state index in [1.165, 1.54) is 7.05 Å². The third-order valence-electron chi connectivity index (χ3n) is 0. The van der Waals surface area contributed by atoms with Gasteiger partial charge in [-0.1, -0.05) is 0 Å². The second-order valence-electron chi connectivity index (χ2n) is 0. The van der Waals surface area contributed by atoms with Crippen molar-refractivity contribution in [3.63, 3.8) is 0 Å². The third-order valence-corrected chi connectivity index (χ3v) is 0. The molecular weight excluding hydrogens is 66.3 g/mol. The molecule has 2 nitrogen and oxygen atoms in total. The highest BCUT2D eigenvalue weighted by Crippen LogP contribution is 0.469. The zero-order valence-corrected chi connectivity index (χ0v) is 2.08. The van der Waals surface area contributed by atoms with Gasteiger partial charge in [0.05, 0.1) is 0 Å². The van der Waals surface area contributed by atoms with E-state index in [2.05, 4.69) is 5.73 Å². The van der Waals surface area contributed by atoms with Crippen molar-refractivity contribution in [1.29, 1.82) is 0 Å². The maximum Gasteiger partial charge on any atom is 0.316 e. The number of nitrogens with two attached hydrogens (primary N) is 1. The van der Waals surface area contributed by atoms with Crippen LogP contribution in [-0.2, 0) is 0 Å². The maximum absolute atomic E-state index is 4.50. The van der Waals surface area contributed by atoms with Crippen molar-refractivity contribution in [3.8, 4) is 0 Å². The van der Waals surface area contributed by atoms with Gasteiger partial charge in [-0.3, -0.25) is 0 Å². The van der Waals surface area contributed by atoms with Crippen LogP contribution in [0.5, 0.6) is 0 Å². The first-order chi connectivity index (χ1) is 1.00. The summed E-state index contributed by atoms with van der Waals surface area (Å²) in [5.74, 6) is 0. The Bertz CT molecular complexity index is 8.00. The van der Waals surface area contributed by atoms with Crippen molar-refractivity contribution in [2.24, 2.45) is 5.73 Å². The summed E-state index contributed by atoms with van der Waals surface area (Å²) in [6, 6.07) is 0. The van der Waals surface area contributed by atoms with Gasteiger partial charge in [0.2, 0.25) is 0 Å². The highest BCUT2D eigenvalue weighted by molar-refractivity contribution is 5.75. The van der Waals surface area contributed by atoms with Gasteiger partial charge in [0, 0.05) is 0 Å². The van der Waals surface area contributed by atoms with Gasteiger partial charge in [0.15, 0.2) is 0 Å². The van der Waals surface area contributed by atoms with Gasteiger partial charge >= 0.3 is 23.1 Å². The van der Waals surface area contributed by atoms with Crippen LogP contribution >= 0.6 is 0 Å². The van der Waals surface area contributed by atoms with Crippen LogP contribution in [-0.4, -0.2) is 35.6 Å². The van der Waals surface area contributed by atoms with Gasteiger partial charge < -0.3 is 11.2 Å². The van der Waals surface area contributed by atoms with Crippen molar-refractivity contribution >= 4 is 23.1 Å². The normalized spacial score (nSPS) is 1.50. The molecular formula is CH9MgNO. The first kappa shape index (κ1) is 22.4. The summed E-state index contributed by atoms with van der Waals surface area (Å²) in [7, 11) is 1.50. The summed E-state index contributed by atoms with van der Waals surface area (Å²) in [4.78, 5) is 0. The van der Waals surface area contributed by atoms with Crippen LogP contribution in [0.4, 0.5) is 0 Å². The molecule has 0 amide bonds. The maximum atomic E-state index is 4.50. The van der Waals surface area contributed by atoms with Gasteiger partial charge in [-0.25, -0.2) is 0 Å². The average molecular weight is 75.4 g/mol. The van der Waals surface area contributed by atoms with E-state index in [9.17, 15) is 0 Å². The molecule has 0 aromatic heterocycles. The van der Waals surface area contributed by atoms with E-state index in [4.69, 9.17) is 0 Å². The van der Waals surface area contributed by atoms with Crippen LogP contribution in [0.25, 0.3) is 0 Å². The molecule has 0 radical (unpaired) electrons. The molecule has 0 aliphatic rings. The standard InChI is InChI=1S/CH5N.Mg.H2O.2H/c1-2;;;;/h2H2,1H3;;1H2;;. The van der Waals surface area contributed by atoms with Gasteiger partial charge in [0.25, 0.3) is 0 Å². The minimum atomic E-state index is 0. The van der Waals surface area contributed by atoms with Crippen molar-refractivity contribution in [2.45, 2.75) is 0 Å². The Morgan fingerprint density at radius 2 is 1.25 bits per heavy atom. The smallest absolute Gasteiger partial charge is 0.316 e. The molecule has 0 rings (SSSR count). The third kappa shape index (κ3) is 16.2. The van der Waals surface area contributed by atoms with Crippen molar-refractivity contribution in [1.82, 2.24) is 0 Å². The molecule has 0 aromatic rings. The number of hydrogen-bond acceptors (Lipinski definition) is 1. The van der Waals surface area contributed by atoms with Gasteiger partial charge in [0.1, 0.15) is 0 Å². The van der Waals surface area contributed by atoms with Crippen LogP contribution in [0.15, 0.2) is 0 Å². The fourth-order valence-corrected chi connectivity index (χ4v) is 0. The van der Waals surface area contributed by atoms with E-state index in [0.29, 0.717) is 0 Å². The predicted octanol–water partition coefficient (Wildman–Crippen LogP) is -2.17. The SMILES string of the molecule is CN.O.[MgH2]. The second kappa shape index (κ2) is 56.5. The number of rotatable bonds is 0. The second-order valence-corrected chi connectivity index (χ2v) is 0. The van der Waals surface area contributed by atoms with Gasteiger partial charge in [-0.05, 0) is 7.05 Å². The van der Waals surface area contributed by atoms with Crippen LogP contribution in [0.3, 0.4) is 0 Å². The molecule has 0 saturated heterocycles. The minimum Gasteiger partial charge on any atom is -0.412 e. The summed E-state index contributed by atoms with van der Waals surface area (Å²) >= 11 is 0. The van der Waals surface area contributed by atoms with Crippen molar-refractivity contribution in [2.75, 3.05) is 7.05 Å². The monoisotopic (exact) mass is 75.1 g/mol. The molecule has 0 aliphatic carbocycles. The van der Waals surface area contributed by atoms with Crippen molar-refractivity contribution in [3.05, 3.63) is 0 Å². The summed E-state index contributed by atoms with van der Waals surface area (Å²) in [6.07, 6.45) is 0. The van der Waals surface area contributed by atoms with E-state index >= 15 is 0 Å². The summed E-state index contributed by atoms with van der Waals surface area (Å²) < 4.78 is 0. The van der Waals surface area contributed by atoms with E-state index in [0.717, 1.165) is 0 Å². The van der Waals surface area contributed by atoms with Gasteiger partial charge in [-0.2, -0.15) is 0 Å². The Morgan fingerprint density at radius 3 is 1.25 bits per heavy atom. The molecule has 0 aromatic carbocycles. The number of hydrogen-bond donors (Lipinski definition) is 1. The molecule has 0 aliphatic heterocycles. The molecule has 0 bridgehead atoms. The Hall–Kier alpha value is 0.686. The van der Waals surface area contributed by atoms with E-state index in [1.54, 1.807) is 0 Å². The molecule has 0 unspecified atom stereocenters.